The standard InChI is InChI=1S/CN8O10/c10-4(11)1(5(12)13)2(7(14)15)6(9(18)19)3(1)8(16)17. The molecule has 0 aliphatic carbocycles. The first-order valence-electron chi connectivity index (χ1n) is 3.72. The summed E-state index contributed by atoms with van der Waals surface area (Å²) in [5.41, 5.74) is 0. The maximum absolute atomic E-state index is 10.6. The van der Waals surface area contributed by atoms with E-state index < -0.39 is 46.3 Å². The van der Waals surface area contributed by atoms with E-state index in [4.69, 9.17) is 0 Å². The highest BCUT2D eigenvalue weighted by Crippen LogP contribution is 2.36. The number of rotatable bonds is 5. The molecular formula is CN8O10. The molecule has 1 saturated heterocycles. The zero-order valence-corrected chi connectivity index (χ0v) is 8.16. The van der Waals surface area contributed by atoms with Crippen molar-refractivity contribution in [2.45, 2.75) is 5.91 Å². The molecule has 0 spiro atoms. The molecule has 0 unspecified atom stereocenters. The van der Waals surface area contributed by atoms with E-state index in [9.17, 15) is 50.6 Å². The van der Waals surface area contributed by atoms with E-state index in [1.165, 1.54) is 0 Å². The zero-order valence-electron chi connectivity index (χ0n) is 8.16. The summed E-state index contributed by atoms with van der Waals surface area (Å²) in [6.07, 6.45) is 0. The van der Waals surface area contributed by atoms with Crippen LogP contribution in [-0.2, 0) is 0 Å². The van der Waals surface area contributed by atoms with Crippen molar-refractivity contribution in [2.24, 2.45) is 0 Å². The highest BCUT2D eigenvalue weighted by atomic mass is 16.8. The summed E-state index contributed by atoms with van der Waals surface area (Å²) >= 11 is 0. The zero-order chi connectivity index (χ0) is 15.1. The molecule has 1 rings (SSSR count). The Balaban J connectivity index is 3.52. The molecule has 0 amide bonds. The summed E-state index contributed by atoms with van der Waals surface area (Å²) in [6, 6.07) is 0. The highest BCUT2D eigenvalue weighted by molar-refractivity contribution is 4.61. The summed E-state index contributed by atoms with van der Waals surface area (Å²) in [7, 11) is 0. The SMILES string of the molecule is O=[N+]([O-])N1N([N+](=O)[O-])C([N+](=O)[O-])([N+](=O)[O-])N1[N+](=O)[O-]. The predicted octanol–water partition coefficient (Wildman–Crippen LogP) is -2.52. The molecule has 0 saturated carbocycles. The quantitative estimate of drug-likeness (QED) is 0.288. The van der Waals surface area contributed by atoms with E-state index in [2.05, 4.69) is 0 Å². The fourth-order valence-corrected chi connectivity index (χ4v) is 1.21. The first-order chi connectivity index (χ1) is 8.59. The molecule has 0 aromatic carbocycles. The van der Waals surface area contributed by atoms with Gasteiger partial charge in [-0.15, -0.1) is 0 Å². The van der Waals surface area contributed by atoms with Crippen molar-refractivity contribution in [3.8, 4) is 0 Å². The van der Waals surface area contributed by atoms with Crippen LogP contribution in [0.15, 0.2) is 0 Å². The van der Waals surface area contributed by atoms with E-state index in [-0.39, 0.29) is 0 Å². The number of hydrogen-bond donors (Lipinski definition) is 0. The Morgan fingerprint density at radius 3 is 1.11 bits per heavy atom. The summed E-state index contributed by atoms with van der Waals surface area (Å²) in [5, 5.41) is 43.2. The molecule has 1 heterocycles. The number of nitro groups is 5. The van der Waals surface area contributed by atoms with Crippen molar-refractivity contribution < 1.29 is 24.9 Å². The van der Waals surface area contributed by atoms with Gasteiger partial charge in [0.2, 0.25) is 30.6 Å². The topological polar surface area (TPSA) is 225 Å². The first kappa shape index (κ1) is 13.5. The number of hydrazine groups is 5. The lowest BCUT2D eigenvalue weighted by atomic mass is 10.6. The molecule has 0 radical (unpaired) electrons. The van der Waals surface area contributed by atoms with Gasteiger partial charge in [-0.3, -0.25) is 20.2 Å². The molecule has 1 aliphatic rings. The Morgan fingerprint density at radius 2 is 0.947 bits per heavy atom. The van der Waals surface area contributed by atoms with Crippen molar-refractivity contribution in [1.29, 1.82) is 0 Å². The van der Waals surface area contributed by atoms with Gasteiger partial charge >= 0.3 is 5.91 Å². The van der Waals surface area contributed by atoms with Crippen LogP contribution in [0.1, 0.15) is 0 Å². The van der Waals surface area contributed by atoms with E-state index in [1.54, 1.807) is 0 Å². The summed E-state index contributed by atoms with van der Waals surface area (Å²) in [6.45, 7) is 0. The summed E-state index contributed by atoms with van der Waals surface area (Å²) < 4.78 is 0. The Hall–Kier alpha value is -3.60. The molecule has 0 aromatic heterocycles. The van der Waals surface area contributed by atoms with Crippen LogP contribution < -0.4 is 0 Å². The summed E-state index contributed by atoms with van der Waals surface area (Å²) in [5.74, 6) is -4.25. The maximum atomic E-state index is 10.6. The van der Waals surface area contributed by atoms with Crippen molar-refractivity contribution >= 4 is 0 Å². The van der Waals surface area contributed by atoms with Gasteiger partial charge in [0, 0.05) is 0 Å². The second-order valence-corrected chi connectivity index (χ2v) is 2.67. The largest absolute Gasteiger partial charge is 0.787 e. The molecule has 104 valence electrons. The van der Waals surface area contributed by atoms with Crippen molar-refractivity contribution in [3.05, 3.63) is 50.6 Å². The Kier molecular flexibility index (Phi) is 2.63. The van der Waals surface area contributed by atoms with Gasteiger partial charge in [-0.2, -0.15) is 0 Å². The lowest BCUT2D eigenvalue weighted by Crippen LogP contribution is -2.91. The van der Waals surface area contributed by atoms with Crippen LogP contribution in [-0.4, -0.2) is 46.3 Å². The minimum Gasteiger partial charge on any atom is -0.255 e. The minimum absolute atomic E-state index is 1.08. The molecule has 0 N–H and O–H groups in total. The lowest BCUT2D eigenvalue weighted by molar-refractivity contribution is -1.12. The molecule has 18 nitrogen and oxygen atoms in total. The Morgan fingerprint density at radius 1 is 0.632 bits per heavy atom. The van der Waals surface area contributed by atoms with Crippen molar-refractivity contribution in [1.82, 2.24) is 15.5 Å². The van der Waals surface area contributed by atoms with E-state index >= 15 is 0 Å². The molecule has 0 atom stereocenters. The van der Waals surface area contributed by atoms with Crippen LogP contribution in [0.2, 0.25) is 0 Å². The van der Waals surface area contributed by atoms with Gasteiger partial charge in [-0.05, 0) is 0 Å². The van der Waals surface area contributed by atoms with Gasteiger partial charge in [0.25, 0.3) is 0 Å². The van der Waals surface area contributed by atoms with Crippen molar-refractivity contribution in [3.63, 3.8) is 0 Å². The predicted molar refractivity (Wildman–Crippen MR) is 43.2 cm³/mol. The van der Waals surface area contributed by atoms with Crippen LogP contribution in [0, 0.1) is 50.6 Å². The normalized spacial score (nSPS) is 16.5. The van der Waals surface area contributed by atoms with Crippen LogP contribution in [0.3, 0.4) is 0 Å². The van der Waals surface area contributed by atoms with Gasteiger partial charge in [0.1, 0.15) is 0 Å². The van der Waals surface area contributed by atoms with Crippen LogP contribution >= 0.6 is 0 Å². The molecule has 19 heavy (non-hydrogen) atoms. The second-order valence-electron chi connectivity index (χ2n) is 2.67. The van der Waals surface area contributed by atoms with Gasteiger partial charge < -0.3 is 0 Å². The molecule has 1 aliphatic heterocycles. The van der Waals surface area contributed by atoms with E-state index in [0.29, 0.717) is 0 Å². The van der Waals surface area contributed by atoms with E-state index in [1.807, 2.05) is 0 Å². The number of hydrogen-bond acceptors (Lipinski definition) is 10. The molecule has 18 heteroatoms. The smallest absolute Gasteiger partial charge is 0.255 e. The molecule has 1 fully saturated rings. The second kappa shape index (κ2) is 3.71. The van der Waals surface area contributed by atoms with Crippen LogP contribution in [0.25, 0.3) is 0 Å². The Labute approximate surface area is 98.1 Å². The van der Waals surface area contributed by atoms with Gasteiger partial charge in [-0.25, -0.2) is 30.3 Å². The van der Waals surface area contributed by atoms with Crippen LogP contribution in [0.5, 0.6) is 0 Å². The average molecular weight is 284 g/mol. The third kappa shape index (κ3) is 1.36. The molecule has 0 bridgehead atoms. The first-order valence-corrected chi connectivity index (χ1v) is 3.72. The lowest BCUT2D eigenvalue weighted by Gasteiger charge is -2.33. The van der Waals surface area contributed by atoms with Gasteiger partial charge in [-0.1, -0.05) is 0 Å². The van der Waals surface area contributed by atoms with Gasteiger partial charge in [0.15, 0.2) is 9.85 Å². The fraction of sp³-hybridized carbons (Fsp3) is 1.00. The monoisotopic (exact) mass is 284 g/mol. The molecular weight excluding hydrogens is 284 g/mol. The highest BCUT2D eigenvalue weighted by Gasteiger charge is 3.00. The minimum atomic E-state index is -4.25. The number of nitrogens with zero attached hydrogens (tertiary/aromatic N) is 8. The Bertz CT molecular complexity index is 458. The fourth-order valence-electron chi connectivity index (χ4n) is 1.21. The molecule has 0 aromatic rings. The third-order valence-corrected chi connectivity index (χ3v) is 1.82. The summed E-state index contributed by atoms with van der Waals surface area (Å²) in [4.78, 5) is 48.3. The average Bonchev–Trinajstić information content (AvgIpc) is 2.12. The van der Waals surface area contributed by atoms with E-state index in [0.717, 1.165) is 0 Å². The maximum Gasteiger partial charge on any atom is 0.787 e. The van der Waals surface area contributed by atoms with Crippen LogP contribution in [0.4, 0.5) is 0 Å². The van der Waals surface area contributed by atoms with Crippen molar-refractivity contribution in [2.75, 3.05) is 0 Å². The van der Waals surface area contributed by atoms with Gasteiger partial charge in [0.05, 0.1) is 0 Å². The third-order valence-electron chi connectivity index (χ3n) is 1.82.